The van der Waals surface area contributed by atoms with Crippen LogP contribution >= 0.6 is 0 Å². The highest BCUT2D eigenvalue weighted by Crippen LogP contribution is 2.20. The Morgan fingerprint density at radius 1 is 1.17 bits per heavy atom. The van der Waals surface area contributed by atoms with Crippen molar-refractivity contribution < 1.29 is 8.81 Å². The molecule has 0 radical (unpaired) electrons. The minimum atomic E-state index is -0.376. The minimum Gasteiger partial charge on any atom is -0.423 e. The smallest absolute Gasteiger partial charge is 0.336 e. The largest absolute Gasteiger partial charge is 0.423 e. The third-order valence-corrected chi connectivity index (χ3v) is 3.96. The standard InChI is InChI=1S/C19H18FNO2/c1-12-7-8-16-14(10-19(22)23-18(16)9-12)11-21-13(2)15-5-3-4-6-17(15)20/h3-10,13,21H,11H2,1-2H3. The predicted molar refractivity (Wildman–Crippen MR) is 88.9 cm³/mol. The molecule has 1 N–H and O–H groups in total. The van der Waals surface area contributed by atoms with Gasteiger partial charge in [0, 0.05) is 29.6 Å². The quantitative estimate of drug-likeness (QED) is 0.738. The highest BCUT2D eigenvalue weighted by atomic mass is 19.1. The fraction of sp³-hybridized carbons (Fsp3) is 0.211. The molecule has 0 amide bonds. The Morgan fingerprint density at radius 2 is 1.96 bits per heavy atom. The van der Waals surface area contributed by atoms with Crippen LogP contribution in [0, 0.1) is 12.7 Å². The molecule has 2 aromatic carbocycles. The van der Waals surface area contributed by atoms with Gasteiger partial charge in [-0.05, 0) is 37.1 Å². The first-order valence-electron chi connectivity index (χ1n) is 7.56. The normalized spacial score (nSPS) is 12.5. The summed E-state index contributed by atoms with van der Waals surface area (Å²) >= 11 is 0. The molecule has 0 saturated heterocycles. The number of benzene rings is 2. The van der Waals surface area contributed by atoms with Crippen LogP contribution in [0.5, 0.6) is 0 Å². The summed E-state index contributed by atoms with van der Waals surface area (Å²) in [5, 5.41) is 4.16. The van der Waals surface area contributed by atoms with Crippen molar-refractivity contribution in [3.8, 4) is 0 Å². The van der Waals surface area contributed by atoms with E-state index in [1.54, 1.807) is 12.1 Å². The number of hydrogen-bond donors (Lipinski definition) is 1. The van der Waals surface area contributed by atoms with Gasteiger partial charge >= 0.3 is 5.63 Å². The SMILES string of the molecule is Cc1ccc2c(CNC(C)c3ccccc3F)cc(=O)oc2c1. The molecule has 1 heterocycles. The summed E-state index contributed by atoms with van der Waals surface area (Å²) in [5.74, 6) is -0.236. The Kier molecular flexibility index (Phi) is 4.26. The molecule has 4 heteroatoms. The second kappa shape index (κ2) is 6.34. The third-order valence-electron chi connectivity index (χ3n) is 3.96. The lowest BCUT2D eigenvalue weighted by atomic mass is 10.1. The lowest BCUT2D eigenvalue weighted by Gasteiger charge is -2.15. The van der Waals surface area contributed by atoms with E-state index in [4.69, 9.17) is 4.42 Å². The van der Waals surface area contributed by atoms with Gasteiger partial charge in [0.25, 0.3) is 0 Å². The Hall–Kier alpha value is -2.46. The van der Waals surface area contributed by atoms with Gasteiger partial charge < -0.3 is 9.73 Å². The van der Waals surface area contributed by atoms with Crippen LogP contribution < -0.4 is 10.9 Å². The molecular weight excluding hydrogens is 293 g/mol. The molecule has 118 valence electrons. The molecule has 3 rings (SSSR count). The summed E-state index contributed by atoms with van der Waals surface area (Å²) in [5.41, 5.74) is 2.69. The van der Waals surface area contributed by atoms with Crippen molar-refractivity contribution in [2.75, 3.05) is 0 Å². The zero-order valence-electron chi connectivity index (χ0n) is 13.1. The maximum atomic E-state index is 13.8. The summed E-state index contributed by atoms with van der Waals surface area (Å²) in [6, 6.07) is 13.8. The van der Waals surface area contributed by atoms with Gasteiger partial charge in [-0.25, -0.2) is 9.18 Å². The van der Waals surface area contributed by atoms with Gasteiger partial charge in [0.05, 0.1) is 0 Å². The van der Waals surface area contributed by atoms with Crippen LogP contribution in [0.25, 0.3) is 11.0 Å². The van der Waals surface area contributed by atoms with E-state index in [2.05, 4.69) is 5.32 Å². The lowest BCUT2D eigenvalue weighted by molar-refractivity contribution is 0.523. The van der Waals surface area contributed by atoms with Gasteiger partial charge in [-0.15, -0.1) is 0 Å². The molecule has 0 aliphatic carbocycles. The summed E-state index contributed by atoms with van der Waals surface area (Å²) in [7, 11) is 0. The summed E-state index contributed by atoms with van der Waals surface area (Å²) in [4.78, 5) is 11.7. The molecular formula is C19H18FNO2. The first-order valence-corrected chi connectivity index (χ1v) is 7.56. The number of nitrogens with one attached hydrogen (secondary N) is 1. The second-order valence-electron chi connectivity index (χ2n) is 5.71. The fourth-order valence-electron chi connectivity index (χ4n) is 2.68. The molecule has 1 aromatic heterocycles. The number of fused-ring (bicyclic) bond motifs is 1. The highest BCUT2D eigenvalue weighted by Gasteiger charge is 2.11. The second-order valence-corrected chi connectivity index (χ2v) is 5.71. The van der Waals surface area contributed by atoms with Gasteiger partial charge in [0.2, 0.25) is 0 Å². The van der Waals surface area contributed by atoms with Crippen molar-refractivity contribution in [1.82, 2.24) is 5.32 Å². The molecule has 0 fully saturated rings. The van der Waals surface area contributed by atoms with Crippen LogP contribution in [0.1, 0.15) is 29.7 Å². The summed E-state index contributed by atoms with van der Waals surface area (Å²) < 4.78 is 19.1. The highest BCUT2D eigenvalue weighted by molar-refractivity contribution is 5.80. The molecule has 23 heavy (non-hydrogen) atoms. The average molecular weight is 311 g/mol. The molecule has 0 bridgehead atoms. The molecule has 1 atom stereocenters. The van der Waals surface area contributed by atoms with Crippen LogP contribution in [0.4, 0.5) is 4.39 Å². The summed E-state index contributed by atoms with van der Waals surface area (Å²) in [6.07, 6.45) is 0. The van der Waals surface area contributed by atoms with E-state index in [1.807, 2.05) is 38.1 Å². The predicted octanol–water partition coefficient (Wildman–Crippen LogP) is 4.09. The Morgan fingerprint density at radius 3 is 2.74 bits per heavy atom. The van der Waals surface area contributed by atoms with Crippen LogP contribution in [0.3, 0.4) is 0 Å². The number of hydrogen-bond acceptors (Lipinski definition) is 3. The van der Waals surface area contributed by atoms with Crippen molar-refractivity contribution >= 4 is 11.0 Å². The lowest BCUT2D eigenvalue weighted by Crippen LogP contribution is -2.20. The van der Waals surface area contributed by atoms with Crippen molar-refractivity contribution in [2.45, 2.75) is 26.4 Å². The van der Waals surface area contributed by atoms with Crippen LogP contribution in [0.2, 0.25) is 0 Å². The molecule has 3 aromatic rings. The van der Waals surface area contributed by atoms with E-state index in [1.165, 1.54) is 12.1 Å². The average Bonchev–Trinajstić information content (AvgIpc) is 2.52. The minimum absolute atomic E-state index is 0.163. The van der Waals surface area contributed by atoms with E-state index >= 15 is 0 Å². The monoisotopic (exact) mass is 311 g/mol. The first-order chi connectivity index (χ1) is 11.0. The zero-order chi connectivity index (χ0) is 16.4. The van der Waals surface area contributed by atoms with Crippen LogP contribution in [-0.4, -0.2) is 0 Å². The molecule has 0 saturated carbocycles. The third kappa shape index (κ3) is 3.32. The van der Waals surface area contributed by atoms with E-state index < -0.39 is 0 Å². The van der Waals surface area contributed by atoms with Gasteiger partial charge in [-0.2, -0.15) is 0 Å². The van der Waals surface area contributed by atoms with E-state index in [0.29, 0.717) is 17.7 Å². The topological polar surface area (TPSA) is 42.2 Å². The number of rotatable bonds is 4. The van der Waals surface area contributed by atoms with Crippen molar-refractivity contribution in [3.63, 3.8) is 0 Å². The number of aryl methyl sites for hydroxylation is 1. The van der Waals surface area contributed by atoms with E-state index in [9.17, 15) is 9.18 Å². The Balaban J connectivity index is 1.87. The molecule has 0 aliphatic rings. The number of halogens is 1. The van der Waals surface area contributed by atoms with Gasteiger partial charge in [0.15, 0.2) is 0 Å². The maximum absolute atomic E-state index is 13.8. The Labute approximate surface area is 133 Å². The van der Waals surface area contributed by atoms with Gasteiger partial charge in [0.1, 0.15) is 11.4 Å². The first kappa shape index (κ1) is 15.4. The Bertz CT molecular complexity index is 901. The van der Waals surface area contributed by atoms with Crippen molar-refractivity contribution in [2.24, 2.45) is 0 Å². The molecule has 3 nitrogen and oxygen atoms in total. The molecule has 0 spiro atoms. The van der Waals surface area contributed by atoms with E-state index in [0.717, 1.165) is 16.5 Å². The van der Waals surface area contributed by atoms with E-state index in [-0.39, 0.29) is 17.5 Å². The van der Waals surface area contributed by atoms with Gasteiger partial charge in [-0.1, -0.05) is 30.3 Å². The van der Waals surface area contributed by atoms with Crippen LogP contribution in [0.15, 0.2) is 57.7 Å². The summed E-state index contributed by atoms with van der Waals surface area (Å²) in [6.45, 7) is 4.31. The molecule has 1 unspecified atom stereocenters. The van der Waals surface area contributed by atoms with Crippen molar-refractivity contribution in [3.05, 3.63) is 81.5 Å². The van der Waals surface area contributed by atoms with Gasteiger partial charge in [-0.3, -0.25) is 0 Å². The zero-order valence-corrected chi connectivity index (χ0v) is 13.1. The van der Waals surface area contributed by atoms with Crippen LogP contribution in [-0.2, 0) is 6.54 Å². The maximum Gasteiger partial charge on any atom is 0.336 e. The van der Waals surface area contributed by atoms with Crippen molar-refractivity contribution in [1.29, 1.82) is 0 Å². The fourth-order valence-corrected chi connectivity index (χ4v) is 2.68. The molecule has 0 aliphatic heterocycles.